The first kappa shape index (κ1) is 18.2. The van der Waals surface area contributed by atoms with Crippen molar-refractivity contribution in [1.29, 1.82) is 0 Å². The van der Waals surface area contributed by atoms with E-state index in [1.165, 1.54) is 0 Å². The second kappa shape index (κ2) is 8.23. The molecular formula is C23H23N3O2. The smallest absolute Gasteiger partial charge is 0.239 e. The molecule has 1 aromatic heterocycles. The average molecular weight is 373 g/mol. The Labute approximate surface area is 165 Å². The Hall–Kier alpha value is -3.18. The molecule has 0 radical (unpaired) electrons. The van der Waals surface area contributed by atoms with E-state index >= 15 is 0 Å². The first-order valence-corrected chi connectivity index (χ1v) is 9.38. The molecule has 1 aliphatic rings. The van der Waals surface area contributed by atoms with E-state index in [9.17, 15) is 4.79 Å². The second-order valence-corrected chi connectivity index (χ2v) is 6.86. The predicted molar refractivity (Wildman–Crippen MR) is 108 cm³/mol. The van der Waals surface area contributed by atoms with E-state index in [0.717, 1.165) is 29.1 Å². The van der Waals surface area contributed by atoms with E-state index in [2.05, 4.69) is 15.2 Å². The van der Waals surface area contributed by atoms with Crippen molar-refractivity contribution >= 4 is 5.91 Å². The van der Waals surface area contributed by atoms with E-state index in [0.29, 0.717) is 6.54 Å². The molecule has 1 saturated heterocycles. The van der Waals surface area contributed by atoms with Gasteiger partial charge in [0.05, 0.1) is 18.8 Å². The summed E-state index contributed by atoms with van der Waals surface area (Å²) in [5.74, 6) is 0.874. The standard InChI is InChI=1S/C23H23N3O2/c1-28-21-13-6-5-11-18(21)15-26-16-20(26)23(27)25-22(17-9-3-2-4-10-17)19-12-7-8-14-24-19/h2-14,20,22H,15-16H2,1H3,(H,25,27). The summed E-state index contributed by atoms with van der Waals surface area (Å²) in [6.07, 6.45) is 1.75. The molecule has 1 aliphatic heterocycles. The number of nitrogens with zero attached hydrogens (tertiary/aromatic N) is 2. The monoisotopic (exact) mass is 373 g/mol. The van der Waals surface area contributed by atoms with Gasteiger partial charge in [-0.05, 0) is 23.8 Å². The molecule has 1 N–H and O–H groups in total. The van der Waals surface area contributed by atoms with Gasteiger partial charge in [-0.3, -0.25) is 14.7 Å². The van der Waals surface area contributed by atoms with Crippen LogP contribution in [0, 0.1) is 0 Å². The molecule has 1 fully saturated rings. The van der Waals surface area contributed by atoms with E-state index in [-0.39, 0.29) is 18.0 Å². The molecule has 3 atom stereocenters. The fourth-order valence-corrected chi connectivity index (χ4v) is 3.41. The van der Waals surface area contributed by atoms with E-state index in [1.54, 1.807) is 13.3 Å². The number of hydrogen-bond acceptors (Lipinski definition) is 4. The van der Waals surface area contributed by atoms with E-state index in [4.69, 9.17) is 4.74 Å². The number of rotatable bonds is 7. The van der Waals surface area contributed by atoms with Gasteiger partial charge in [-0.2, -0.15) is 0 Å². The van der Waals surface area contributed by atoms with Crippen molar-refractivity contribution in [2.45, 2.75) is 18.6 Å². The summed E-state index contributed by atoms with van der Waals surface area (Å²) < 4.78 is 5.41. The lowest BCUT2D eigenvalue weighted by molar-refractivity contribution is -0.121. The Bertz CT molecular complexity index is 891. The molecule has 3 aromatic rings. The number of carbonyl (C=O) groups is 1. The molecule has 3 unspecified atom stereocenters. The SMILES string of the molecule is COc1ccccc1CN1CC1C(=O)NC(c1ccccc1)c1ccccn1. The number of para-hydroxylation sites is 1. The number of pyridine rings is 1. The van der Waals surface area contributed by atoms with Crippen LogP contribution in [0.2, 0.25) is 0 Å². The lowest BCUT2D eigenvalue weighted by atomic mass is 10.0. The highest BCUT2D eigenvalue weighted by atomic mass is 16.5. The first-order valence-electron chi connectivity index (χ1n) is 9.38. The minimum Gasteiger partial charge on any atom is -0.496 e. The maximum absolute atomic E-state index is 12.9. The van der Waals surface area contributed by atoms with Gasteiger partial charge in [0.25, 0.3) is 0 Å². The number of ether oxygens (including phenoxy) is 1. The lowest BCUT2D eigenvalue weighted by Crippen LogP contribution is -2.34. The quantitative estimate of drug-likeness (QED) is 0.647. The number of aromatic nitrogens is 1. The van der Waals surface area contributed by atoms with Crippen LogP contribution in [0.25, 0.3) is 0 Å². The van der Waals surface area contributed by atoms with Gasteiger partial charge in [0, 0.05) is 24.8 Å². The van der Waals surface area contributed by atoms with Crippen LogP contribution >= 0.6 is 0 Å². The highest BCUT2D eigenvalue weighted by molar-refractivity contribution is 5.85. The predicted octanol–water partition coefficient (Wildman–Crippen LogP) is 3.18. The molecule has 28 heavy (non-hydrogen) atoms. The van der Waals surface area contributed by atoms with Crippen LogP contribution < -0.4 is 10.1 Å². The topological polar surface area (TPSA) is 54.2 Å². The van der Waals surface area contributed by atoms with Gasteiger partial charge in [-0.15, -0.1) is 0 Å². The number of carbonyl (C=O) groups excluding carboxylic acids is 1. The van der Waals surface area contributed by atoms with Gasteiger partial charge in [0.2, 0.25) is 5.91 Å². The Kier molecular flexibility index (Phi) is 5.35. The third-order valence-corrected chi connectivity index (χ3v) is 4.99. The van der Waals surface area contributed by atoms with Crippen LogP contribution in [-0.4, -0.2) is 35.5 Å². The van der Waals surface area contributed by atoms with Gasteiger partial charge in [-0.25, -0.2) is 0 Å². The van der Waals surface area contributed by atoms with Gasteiger partial charge in [0.15, 0.2) is 0 Å². The van der Waals surface area contributed by atoms with Crippen molar-refractivity contribution in [2.24, 2.45) is 0 Å². The molecule has 0 spiro atoms. The summed E-state index contributed by atoms with van der Waals surface area (Å²) in [4.78, 5) is 19.5. The van der Waals surface area contributed by atoms with Crippen molar-refractivity contribution in [3.05, 3.63) is 95.8 Å². The average Bonchev–Trinajstić information content (AvgIpc) is 3.53. The van der Waals surface area contributed by atoms with Gasteiger partial charge in [0.1, 0.15) is 11.8 Å². The number of amides is 1. The maximum Gasteiger partial charge on any atom is 0.239 e. The van der Waals surface area contributed by atoms with Crippen molar-refractivity contribution in [3.8, 4) is 5.75 Å². The van der Waals surface area contributed by atoms with E-state index in [1.807, 2.05) is 72.8 Å². The zero-order chi connectivity index (χ0) is 19.3. The van der Waals surface area contributed by atoms with Crippen LogP contribution in [0.15, 0.2) is 79.0 Å². The van der Waals surface area contributed by atoms with Gasteiger partial charge >= 0.3 is 0 Å². The van der Waals surface area contributed by atoms with Crippen LogP contribution in [-0.2, 0) is 11.3 Å². The molecule has 4 rings (SSSR count). The summed E-state index contributed by atoms with van der Waals surface area (Å²) in [6, 6.07) is 23.2. The van der Waals surface area contributed by atoms with Crippen LogP contribution in [0.3, 0.4) is 0 Å². The molecule has 2 heterocycles. The Morgan fingerprint density at radius 1 is 1.11 bits per heavy atom. The van der Waals surface area contributed by atoms with Crippen LogP contribution in [0.4, 0.5) is 0 Å². The zero-order valence-electron chi connectivity index (χ0n) is 15.8. The summed E-state index contributed by atoms with van der Waals surface area (Å²) in [7, 11) is 1.67. The number of nitrogens with one attached hydrogen (secondary N) is 1. The number of hydrogen-bond donors (Lipinski definition) is 1. The van der Waals surface area contributed by atoms with Gasteiger partial charge < -0.3 is 10.1 Å². The highest BCUT2D eigenvalue weighted by Gasteiger charge is 2.41. The fourth-order valence-electron chi connectivity index (χ4n) is 3.41. The highest BCUT2D eigenvalue weighted by Crippen LogP contribution is 2.28. The Balaban J connectivity index is 1.46. The molecule has 0 bridgehead atoms. The van der Waals surface area contributed by atoms with Crippen molar-refractivity contribution < 1.29 is 9.53 Å². The van der Waals surface area contributed by atoms with Crippen molar-refractivity contribution in [1.82, 2.24) is 15.2 Å². The Morgan fingerprint density at radius 2 is 1.86 bits per heavy atom. The largest absolute Gasteiger partial charge is 0.496 e. The van der Waals surface area contributed by atoms with Crippen LogP contribution in [0.1, 0.15) is 22.9 Å². The third kappa shape index (κ3) is 4.05. The molecule has 1 amide bonds. The summed E-state index contributed by atoms with van der Waals surface area (Å²) in [5, 5.41) is 3.18. The molecular weight excluding hydrogens is 350 g/mol. The summed E-state index contributed by atoms with van der Waals surface area (Å²) >= 11 is 0. The molecule has 5 nitrogen and oxygen atoms in total. The molecule has 0 saturated carbocycles. The Morgan fingerprint density at radius 3 is 2.61 bits per heavy atom. The lowest BCUT2D eigenvalue weighted by Gasteiger charge is -2.19. The fraction of sp³-hybridized carbons (Fsp3) is 0.217. The zero-order valence-corrected chi connectivity index (χ0v) is 15.8. The molecule has 2 aromatic carbocycles. The molecule has 142 valence electrons. The third-order valence-electron chi connectivity index (χ3n) is 4.99. The normalized spacial score (nSPS) is 18.9. The van der Waals surface area contributed by atoms with E-state index < -0.39 is 0 Å². The van der Waals surface area contributed by atoms with Gasteiger partial charge in [-0.1, -0.05) is 54.6 Å². The van der Waals surface area contributed by atoms with Crippen LogP contribution in [0.5, 0.6) is 5.75 Å². The minimum absolute atomic E-state index is 0.0226. The second-order valence-electron chi connectivity index (χ2n) is 6.86. The first-order chi connectivity index (χ1) is 13.8. The maximum atomic E-state index is 12.9. The minimum atomic E-state index is -0.261. The van der Waals surface area contributed by atoms with Crippen molar-refractivity contribution in [2.75, 3.05) is 13.7 Å². The summed E-state index contributed by atoms with van der Waals surface area (Å²) in [5.41, 5.74) is 2.94. The molecule has 0 aliphatic carbocycles. The summed E-state index contributed by atoms with van der Waals surface area (Å²) in [6.45, 7) is 1.44. The number of methoxy groups -OCH3 is 1. The van der Waals surface area contributed by atoms with Crippen molar-refractivity contribution in [3.63, 3.8) is 0 Å². The molecule has 5 heteroatoms. The number of benzene rings is 2.